The van der Waals surface area contributed by atoms with Gasteiger partial charge in [0.15, 0.2) is 17.3 Å². The Bertz CT molecular complexity index is 1830. The molecule has 0 aliphatic carbocycles. The fraction of sp³-hybridized carbons (Fsp3) is 0.323. The first-order chi connectivity index (χ1) is 21.7. The van der Waals surface area contributed by atoms with E-state index in [4.69, 9.17) is 23.7 Å². The summed E-state index contributed by atoms with van der Waals surface area (Å²) in [5.41, 5.74) is 0.905. The molecule has 0 spiro atoms. The van der Waals surface area contributed by atoms with Crippen LogP contribution in [0.2, 0.25) is 0 Å². The predicted octanol–water partition coefficient (Wildman–Crippen LogP) is 2.46. The Labute approximate surface area is 257 Å². The second-order valence-corrected chi connectivity index (χ2v) is 10.2. The van der Waals surface area contributed by atoms with E-state index in [1.54, 1.807) is 74.5 Å². The van der Waals surface area contributed by atoms with E-state index in [-0.39, 0.29) is 19.0 Å². The van der Waals surface area contributed by atoms with Crippen LogP contribution in [0.4, 0.5) is 0 Å². The molecule has 45 heavy (non-hydrogen) atoms. The van der Waals surface area contributed by atoms with E-state index in [1.807, 2.05) is 0 Å². The zero-order valence-electron chi connectivity index (χ0n) is 25.1. The van der Waals surface area contributed by atoms with Crippen molar-refractivity contribution in [1.82, 2.24) is 24.5 Å². The van der Waals surface area contributed by atoms with Gasteiger partial charge in [-0.3, -0.25) is 19.1 Å². The van der Waals surface area contributed by atoms with Crippen LogP contribution in [-0.2, 0) is 11.3 Å². The van der Waals surface area contributed by atoms with E-state index in [2.05, 4.69) is 15.3 Å². The van der Waals surface area contributed by atoms with E-state index in [9.17, 15) is 19.5 Å². The molecule has 0 amide bonds. The molecule has 0 radical (unpaired) electrons. The summed E-state index contributed by atoms with van der Waals surface area (Å²) in [5, 5.41) is 18.3. The van der Waals surface area contributed by atoms with Crippen molar-refractivity contribution >= 4 is 11.9 Å². The second-order valence-electron chi connectivity index (χ2n) is 10.2. The maximum Gasteiger partial charge on any atom is 0.330 e. The number of nitrogens with zero attached hydrogens (tertiary/aromatic N) is 4. The molecule has 14 nitrogen and oxygen atoms in total. The maximum absolute atomic E-state index is 12.9. The largest absolute Gasteiger partial charge is 0.497 e. The molecule has 3 heterocycles. The van der Waals surface area contributed by atoms with E-state index >= 15 is 0 Å². The number of H-pyrrole nitrogens is 1. The maximum atomic E-state index is 12.9. The SMILES string of the molecule is COc1ccc(/C=C/C(=O)c2ccc(OCc3cn([C@H]4C[C@H](n5cc(C)c(=O)[nH]c5=O)O[C@@H]4CO)nn3)c(OC)c2)c(OC)c1. The summed E-state index contributed by atoms with van der Waals surface area (Å²) in [6, 6.07) is 9.75. The Morgan fingerprint density at radius 1 is 1.07 bits per heavy atom. The monoisotopic (exact) mass is 619 g/mol. The smallest absolute Gasteiger partial charge is 0.330 e. The molecular weight excluding hydrogens is 586 g/mol. The molecule has 2 aromatic heterocycles. The minimum atomic E-state index is -0.710. The molecule has 236 valence electrons. The van der Waals surface area contributed by atoms with Crippen molar-refractivity contribution in [3.8, 4) is 23.0 Å². The van der Waals surface area contributed by atoms with Gasteiger partial charge in [-0.2, -0.15) is 0 Å². The number of aryl methyl sites for hydroxylation is 1. The molecular formula is C31H33N5O9. The van der Waals surface area contributed by atoms with Crippen molar-refractivity contribution in [2.75, 3.05) is 27.9 Å². The predicted molar refractivity (Wildman–Crippen MR) is 161 cm³/mol. The highest BCUT2D eigenvalue weighted by molar-refractivity contribution is 6.07. The van der Waals surface area contributed by atoms with Gasteiger partial charge in [0, 0.05) is 35.4 Å². The van der Waals surface area contributed by atoms with Crippen LogP contribution in [0.15, 0.2) is 64.5 Å². The molecule has 5 rings (SSSR count). The molecule has 3 atom stereocenters. The van der Waals surface area contributed by atoms with Gasteiger partial charge in [0.2, 0.25) is 0 Å². The Morgan fingerprint density at radius 3 is 2.60 bits per heavy atom. The summed E-state index contributed by atoms with van der Waals surface area (Å²) in [6.45, 7) is 1.32. The van der Waals surface area contributed by atoms with Crippen molar-refractivity contribution in [3.63, 3.8) is 0 Å². The highest BCUT2D eigenvalue weighted by Crippen LogP contribution is 2.36. The standard InChI is InChI=1S/C31H33N5O9/c1-18-14-35(31(40)32-30(18)39)29-13-23(28(16-37)45-29)36-15-21(33-34-36)17-44-25-10-7-20(11-27(25)43-4)24(38)9-6-19-5-8-22(41-2)12-26(19)42-3/h5-12,14-15,23,28-29,37H,13,16-17H2,1-4H3,(H,32,39,40)/b9-6+/t23-,28+,29+/m0/s1. The number of aromatic nitrogens is 5. The Kier molecular flexibility index (Phi) is 9.45. The van der Waals surface area contributed by atoms with Crippen molar-refractivity contribution in [2.24, 2.45) is 0 Å². The average molecular weight is 620 g/mol. The van der Waals surface area contributed by atoms with Gasteiger partial charge in [0.25, 0.3) is 5.56 Å². The average Bonchev–Trinajstić information content (AvgIpc) is 3.71. The molecule has 0 bridgehead atoms. The zero-order valence-corrected chi connectivity index (χ0v) is 25.1. The number of ketones is 1. The van der Waals surface area contributed by atoms with Gasteiger partial charge in [0.05, 0.1) is 40.2 Å². The summed E-state index contributed by atoms with van der Waals surface area (Å²) in [5.74, 6) is 1.73. The van der Waals surface area contributed by atoms with Gasteiger partial charge >= 0.3 is 5.69 Å². The summed E-state index contributed by atoms with van der Waals surface area (Å²) < 4.78 is 30.8. The van der Waals surface area contributed by atoms with Crippen LogP contribution in [0.5, 0.6) is 23.0 Å². The lowest BCUT2D eigenvalue weighted by atomic mass is 10.1. The Hall–Kier alpha value is -5.21. The van der Waals surface area contributed by atoms with Crippen LogP contribution in [-0.4, -0.2) is 69.5 Å². The van der Waals surface area contributed by atoms with E-state index in [0.29, 0.717) is 46.2 Å². The van der Waals surface area contributed by atoms with Gasteiger partial charge in [-0.15, -0.1) is 5.10 Å². The molecule has 2 aromatic carbocycles. The molecule has 1 fully saturated rings. The first kappa shape index (κ1) is 31.2. The molecule has 0 saturated carbocycles. The number of ether oxygens (including phenoxy) is 5. The van der Waals surface area contributed by atoms with Crippen molar-refractivity contribution in [1.29, 1.82) is 0 Å². The first-order valence-corrected chi connectivity index (χ1v) is 14.0. The minimum Gasteiger partial charge on any atom is -0.497 e. The first-order valence-electron chi connectivity index (χ1n) is 14.0. The van der Waals surface area contributed by atoms with Crippen LogP contribution in [0.25, 0.3) is 6.08 Å². The molecule has 1 aliphatic heterocycles. The fourth-order valence-corrected chi connectivity index (χ4v) is 4.98. The van der Waals surface area contributed by atoms with E-state index < -0.39 is 29.6 Å². The minimum absolute atomic E-state index is 0.0419. The van der Waals surface area contributed by atoms with Gasteiger partial charge < -0.3 is 28.8 Å². The zero-order chi connectivity index (χ0) is 32.1. The number of carbonyl (C=O) groups excluding carboxylic acids is 1. The number of carbonyl (C=O) groups is 1. The Morgan fingerprint density at radius 2 is 1.87 bits per heavy atom. The second kappa shape index (κ2) is 13.6. The van der Waals surface area contributed by atoms with Crippen molar-refractivity contribution in [3.05, 3.63) is 98.1 Å². The summed E-state index contributed by atoms with van der Waals surface area (Å²) >= 11 is 0. The number of hydrogen-bond donors (Lipinski definition) is 2. The van der Waals surface area contributed by atoms with Gasteiger partial charge in [0.1, 0.15) is 36.1 Å². The molecule has 1 aliphatic rings. The number of rotatable bonds is 12. The molecule has 14 heteroatoms. The lowest BCUT2D eigenvalue weighted by molar-refractivity contribution is -0.0323. The van der Waals surface area contributed by atoms with Gasteiger partial charge in [-0.25, -0.2) is 9.48 Å². The summed E-state index contributed by atoms with van der Waals surface area (Å²) in [6.07, 6.45) is 5.16. The summed E-state index contributed by atoms with van der Waals surface area (Å²) in [4.78, 5) is 39.3. The molecule has 1 saturated heterocycles. The molecule has 0 unspecified atom stereocenters. The number of methoxy groups -OCH3 is 3. The highest BCUT2D eigenvalue weighted by Gasteiger charge is 2.38. The van der Waals surface area contributed by atoms with Crippen LogP contribution in [0.1, 0.15) is 45.9 Å². The number of hydrogen-bond acceptors (Lipinski definition) is 11. The van der Waals surface area contributed by atoms with Crippen LogP contribution >= 0.6 is 0 Å². The lowest BCUT2D eigenvalue weighted by Crippen LogP contribution is -2.33. The van der Waals surface area contributed by atoms with Crippen LogP contribution < -0.4 is 30.2 Å². The fourth-order valence-electron chi connectivity index (χ4n) is 4.98. The summed E-state index contributed by atoms with van der Waals surface area (Å²) in [7, 11) is 4.59. The molecule has 4 aromatic rings. The third-order valence-corrected chi connectivity index (χ3v) is 7.42. The number of benzene rings is 2. The number of nitrogens with one attached hydrogen (secondary N) is 1. The normalized spacial score (nSPS) is 17.8. The third-order valence-electron chi connectivity index (χ3n) is 7.42. The van der Waals surface area contributed by atoms with Gasteiger partial charge in [-0.05, 0) is 49.4 Å². The van der Waals surface area contributed by atoms with Crippen molar-refractivity contribution < 1.29 is 33.6 Å². The highest BCUT2D eigenvalue weighted by atomic mass is 16.5. The van der Waals surface area contributed by atoms with E-state index in [0.717, 1.165) is 5.56 Å². The van der Waals surface area contributed by atoms with Crippen molar-refractivity contribution in [2.45, 2.75) is 38.3 Å². The number of aliphatic hydroxyl groups excluding tert-OH is 1. The van der Waals surface area contributed by atoms with E-state index in [1.165, 1.54) is 23.9 Å². The third kappa shape index (κ3) is 6.81. The Balaban J connectivity index is 1.25. The van der Waals surface area contributed by atoms with Gasteiger partial charge in [-0.1, -0.05) is 5.21 Å². The van der Waals surface area contributed by atoms with Crippen LogP contribution in [0, 0.1) is 6.92 Å². The number of allylic oxidation sites excluding steroid dienone is 1. The number of aliphatic hydroxyl groups is 1. The van der Waals surface area contributed by atoms with Crippen LogP contribution in [0.3, 0.4) is 0 Å². The lowest BCUT2D eigenvalue weighted by Gasteiger charge is -2.15. The molecule has 2 N–H and O–H groups in total. The number of aromatic amines is 1. The quantitative estimate of drug-likeness (QED) is 0.176. The topological polar surface area (TPSA) is 169 Å².